The molecular weight excluding hydrogens is 281 g/mol. The summed E-state index contributed by atoms with van der Waals surface area (Å²) in [7, 11) is 0. The second kappa shape index (κ2) is 6.83. The number of aromatic nitrogens is 2. The van der Waals surface area contributed by atoms with Gasteiger partial charge in [0.2, 0.25) is 0 Å². The Bertz CT molecular complexity index is 569. The predicted octanol–water partition coefficient (Wildman–Crippen LogP) is 2.45. The summed E-state index contributed by atoms with van der Waals surface area (Å²) in [6.45, 7) is 3.35. The number of nitrogens with zero attached hydrogens (tertiary/aromatic N) is 2. The number of hydrogen-bond donors (Lipinski definition) is 2. The number of aliphatic hydroxyl groups excluding tert-OH is 1. The van der Waals surface area contributed by atoms with Crippen LogP contribution in [0, 0.1) is 12.7 Å². The molecule has 0 saturated heterocycles. The van der Waals surface area contributed by atoms with Crippen molar-refractivity contribution in [3.63, 3.8) is 0 Å². The van der Waals surface area contributed by atoms with Gasteiger partial charge in [-0.1, -0.05) is 11.6 Å². The number of aryl methyl sites for hydroxylation is 1. The topological polar surface area (TPSA) is 50.1 Å². The molecule has 1 aromatic carbocycles. The predicted molar refractivity (Wildman–Crippen MR) is 76.7 cm³/mol. The van der Waals surface area contributed by atoms with Gasteiger partial charge in [-0.2, -0.15) is 5.10 Å². The third-order valence-electron chi connectivity index (χ3n) is 3.01. The van der Waals surface area contributed by atoms with Gasteiger partial charge in [0, 0.05) is 18.7 Å². The Hall–Kier alpha value is -1.43. The minimum Gasteiger partial charge on any atom is -0.396 e. The van der Waals surface area contributed by atoms with Gasteiger partial charge in [-0.15, -0.1) is 0 Å². The van der Waals surface area contributed by atoms with Crippen molar-refractivity contribution in [1.82, 2.24) is 15.1 Å². The zero-order valence-corrected chi connectivity index (χ0v) is 12.0. The first-order valence-corrected chi connectivity index (χ1v) is 6.83. The molecule has 1 heterocycles. The molecule has 0 aliphatic carbocycles. The number of hydrogen-bond acceptors (Lipinski definition) is 3. The monoisotopic (exact) mass is 297 g/mol. The first-order valence-electron chi connectivity index (χ1n) is 6.45. The lowest BCUT2D eigenvalue weighted by Crippen LogP contribution is -2.16. The summed E-state index contributed by atoms with van der Waals surface area (Å²) in [5.74, 6) is -0.292. The molecule has 2 rings (SSSR count). The molecule has 2 N–H and O–H groups in total. The van der Waals surface area contributed by atoms with Gasteiger partial charge in [0.25, 0.3) is 0 Å². The van der Waals surface area contributed by atoms with E-state index in [1.807, 2.05) is 6.92 Å². The zero-order valence-electron chi connectivity index (χ0n) is 11.2. The molecule has 0 aliphatic rings. The van der Waals surface area contributed by atoms with Crippen molar-refractivity contribution in [3.05, 3.63) is 46.5 Å². The van der Waals surface area contributed by atoms with Crippen LogP contribution in [0.25, 0.3) is 5.69 Å². The second-order valence-electron chi connectivity index (χ2n) is 4.50. The van der Waals surface area contributed by atoms with Crippen LogP contribution in [0.15, 0.2) is 24.3 Å². The summed E-state index contributed by atoms with van der Waals surface area (Å²) in [5, 5.41) is 16.8. The van der Waals surface area contributed by atoms with Crippen LogP contribution in [0.5, 0.6) is 0 Å². The van der Waals surface area contributed by atoms with E-state index in [2.05, 4.69) is 10.4 Å². The smallest absolute Gasteiger partial charge is 0.137 e. The van der Waals surface area contributed by atoms with Gasteiger partial charge >= 0.3 is 0 Å². The van der Waals surface area contributed by atoms with Crippen molar-refractivity contribution in [2.75, 3.05) is 13.2 Å². The molecule has 0 aliphatic heterocycles. The molecule has 0 unspecified atom stereocenters. The maximum atomic E-state index is 12.9. The summed E-state index contributed by atoms with van der Waals surface area (Å²) < 4.78 is 14.5. The fraction of sp³-hybridized carbons (Fsp3) is 0.357. The Balaban J connectivity index is 2.17. The van der Waals surface area contributed by atoms with E-state index in [1.165, 1.54) is 12.1 Å². The van der Waals surface area contributed by atoms with E-state index in [9.17, 15) is 4.39 Å². The highest BCUT2D eigenvalue weighted by molar-refractivity contribution is 6.30. The molecule has 0 bridgehead atoms. The Kier molecular flexibility index (Phi) is 5.11. The highest BCUT2D eigenvalue weighted by Gasteiger charge is 2.14. The highest BCUT2D eigenvalue weighted by atomic mass is 35.5. The number of aliphatic hydroxyl groups is 1. The Morgan fingerprint density at radius 2 is 2.05 bits per heavy atom. The molecule has 1 aromatic heterocycles. The first kappa shape index (κ1) is 15.0. The van der Waals surface area contributed by atoms with Crippen LogP contribution in [-0.4, -0.2) is 28.0 Å². The Morgan fingerprint density at radius 1 is 1.35 bits per heavy atom. The van der Waals surface area contributed by atoms with Crippen molar-refractivity contribution < 1.29 is 9.50 Å². The van der Waals surface area contributed by atoms with Gasteiger partial charge in [-0.25, -0.2) is 9.07 Å². The molecule has 6 heteroatoms. The molecule has 0 fully saturated rings. The van der Waals surface area contributed by atoms with Crippen LogP contribution in [0.4, 0.5) is 4.39 Å². The highest BCUT2D eigenvalue weighted by Crippen LogP contribution is 2.23. The van der Waals surface area contributed by atoms with Crippen molar-refractivity contribution in [2.45, 2.75) is 19.9 Å². The fourth-order valence-electron chi connectivity index (χ4n) is 1.90. The molecule has 4 nitrogen and oxygen atoms in total. The first-order chi connectivity index (χ1) is 9.63. The van der Waals surface area contributed by atoms with Gasteiger partial charge in [0.1, 0.15) is 11.0 Å². The Labute approximate surface area is 122 Å². The van der Waals surface area contributed by atoms with E-state index in [0.717, 1.165) is 16.9 Å². The third kappa shape index (κ3) is 3.36. The van der Waals surface area contributed by atoms with E-state index in [-0.39, 0.29) is 12.4 Å². The Morgan fingerprint density at radius 3 is 2.70 bits per heavy atom. The molecule has 0 radical (unpaired) electrons. The van der Waals surface area contributed by atoms with Crippen molar-refractivity contribution in [2.24, 2.45) is 0 Å². The van der Waals surface area contributed by atoms with Gasteiger partial charge in [-0.05, 0) is 44.2 Å². The molecule has 2 aromatic rings. The normalized spacial score (nSPS) is 11.0. The van der Waals surface area contributed by atoms with Crippen LogP contribution in [0.1, 0.15) is 17.7 Å². The van der Waals surface area contributed by atoms with Crippen LogP contribution in [-0.2, 0) is 6.54 Å². The standard InChI is InChI=1S/C14H17ClFN3O/c1-10-13(9-17-7-2-8-20)14(15)19(18-10)12-5-3-11(16)4-6-12/h3-6,17,20H,2,7-9H2,1H3. The van der Waals surface area contributed by atoms with E-state index >= 15 is 0 Å². The average Bonchev–Trinajstić information content (AvgIpc) is 2.72. The van der Waals surface area contributed by atoms with Gasteiger partial charge in [0.05, 0.1) is 11.4 Å². The van der Waals surface area contributed by atoms with Crippen LogP contribution in [0.3, 0.4) is 0 Å². The van der Waals surface area contributed by atoms with Crippen LogP contribution >= 0.6 is 11.6 Å². The number of halogens is 2. The maximum absolute atomic E-state index is 12.9. The third-order valence-corrected chi connectivity index (χ3v) is 3.39. The zero-order chi connectivity index (χ0) is 14.5. The molecule has 0 amide bonds. The van der Waals surface area contributed by atoms with E-state index in [0.29, 0.717) is 24.7 Å². The molecule has 0 atom stereocenters. The van der Waals surface area contributed by atoms with Gasteiger partial charge in [-0.3, -0.25) is 0 Å². The quantitative estimate of drug-likeness (QED) is 0.805. The molecule has 108 valence electrons. The summed E-state index contributed by atoms with van der Waals surface area (Å²) >= 11 is 6.33. The lowest BCUT2D eigenvalue weighted by molar-refractivity contribution is 0.286. The summed E-state index contributed by atoms with van der Waals surface area (Å²) in [6, 6.07) is 6.02. The fourth-order valence-corrected chi connectivity index (χ4v) is 2.24. The van der Waals surface area contributed by atoms with E-state index in [4.69, 9.17) is 16.7 Å². The van der Waals surface area contributed by atoms with Crippen molar-refractivity contribution in [1.29, 1.82) is 0 Å². The van der Waals surface area contributed by atoms with E-state index in [1.54, 1.807) is 16.8 Å². The van der Waals surface area contributed by atoms with Crippen molar-refractivity contribution >= 4 is 11.6 Å². The van der Waals surface area contributed by atoms with Gasteiger partial charge in [0.15, 0.2) is 0 Å². The number of benzene rings is 1. The summed E-state index contributed by atoms with van der Waals surface area (Å²) in [4.78, 5) is 0. The molecule has 0 saturated carbocycles. The number of rotatable bonds is 6. The molecule has 0 spiro atoms. The van der Waals surface area contributed by atoms with Crippen LogP contribution < -0.4 is 5.32 Å². The molecular formula is C14H17ClFN3O. The maximum Gasteiger partial charge on any atom is 0.137 e. The van der Waals surface area contributed by atoms with E-state index < -0.39 is 0 Å². The minimum atomic E-state index is -0.292. The minimum absolute atomic E-state index is 0.161. The SMILES string of the molecule is Cc1nn(-c2ccc(F)cc2)c(Cl)c1CNCCCO. The molecule has 20 heavy (non-hydrogen) atoms. The largest absolute Gasteiger partial charge is 0.396 e. The van der Waals surface area contributed by atoms with Gasteiger partial charge < -0.3 is 10.4 Å². The number of nitrogens with one attached hydrogen (secondary N) is 1. The van der Waals surface area contributed by atoms with Crippen molar-refractivity contribution in [3.8, 4) is 5.69 Å². The van der Waals surface area contributed by atoms with Crippen LogP contribution in [0.2, 0.25) is 5.15 Å². The average molecular weight is 298 g/mol. The second-order valence-corrected chi connectivity index (χ2v) is 4.85. The summed E-state index contributed by atoms with van der Waals surface area (Å²) in [5.41, 5.74) is 2.46. The summed E-state index contributed by atoms with van der Waals surface area (Å²) in [6.07, 6.45) is 0.697. The lowest BCUT2D eigenvalue weighted by atomic mass is 10.2. The lowest BCUT2D eigenvalue weighted by Gasteiger charge is -2.05.